The largest absolute Gasteiger partial charge is 0.490 e. The summed E-state index contributed by atoms with van der Waals surface area (Å²) in [5.74, 6) is 0.948. The van der Waals surface area contributed by atoms with E-state index in [1.807, 2.05) is 38.4 Å². The van der Waals surface area contributed by atoms with Gasteiger partial charge in [-0.05, 0) is 50.1 Å². The highest BCUT2D eigenvalue weighted by molar-refractivity contribution is 5.86. The van der Waals surface area contributed by atoms with E-state index >= 15 is 0 Å². The zero-order valence-electron chi connectivity index (χ0n) is 12.7. The van der Waals surface area contributed by atoms with Gasteiger partial charge < -0.3 is 9.30 Å². The number of benzene rings is 1. The number of hydrogen-bond acceptors (Lipinski definition) is 2. The molecule has 2 aromatic heterocycles. The first kappa shape index (κ1) is 13.7. The molecule has 0 radical (unpaired) electrons. The van der Waals surface area contributed by atoms with Gasteiger partial charge in [0.05, 0.1) is 11.6 Å². The van der Waals surface area contributed by atoms with Gasteiger partial charge in [0.25, 0.3) is 0 Å². The summed E-state index contributed by atoms with van der Waals surface area (Å²) in [5.41, 5.74) is 3.59. The lowest BCUT2D eigenvalue weighted by molar-refractivity contribution is 0.245. The molecule has 0 aliphatic carbocycles. The van der Waals surface area contributed by atoms with Gasteiger partial charge in [-0.15, -0.1) is 0 Å². The minimum absolute atomic E-state index is 0.180. The van der Waals surface area contributed by atoms with Crippen molar-refractivity contribution in [3.63, 3.8) is 0 Å². The van der Waals surface area contributed by atoms with Crippen molar-refractivity contribution in [2.45, 2.75) is 33.4 Å². The van der Waals surface area contributed by atoms with Crippen LogP contribution in [0.5, 0.6) is 5.75 Å². The van der Waals surface area contributed by atoms with Crippen LogP contribution in [0.4, 0.5) is 0 Å². The lowest BCUT2D eigenvalue weighted by Crippen LogP contribution is -2.05. The van der Waals surface area contributed by atoms with Gasteiger partial charge in [-0.2, -0.15) is 0 Å². The van der Waals surface area contributed by atoms with Crippen molar-refractivity contribution in [2.24, 2.45) is 0 Å². The van der Waals surface area contributed by atoms with E-state index in [1.165, 1.54) is 16.6 Å². The summed E-state index contributed by atoms with van der Waals surface area (Å²) in [4.78, 5) is 4.26. The zero-order chi connectivity index (χ0) is 14.8. The minimum Gasteiger partial charge on any atom is -0.490 e. The van der Waals surface area contributed by atoms with Gasteiger partial charge in [0.1, 0.15) is 5.75 Å². The molecule has 0 saturated heterocycles. The molecule has 0 amide bonds. The van der Waals surface area contributed by atoms with E-state index in [0.717, 1.165) is 17.7 Å². The van der Waals surface area contributed by atoms with Crippen molar-refractivity contribution in [1.29, 1.82) is 0 Å². The van der Waals surface area contributed by atoms with Gasteiger partial charge in [0, 0.05) is 30.5 Å². The third kappa shape index (κ3) is 2.92. The van der Waals surface area contributed by atoms with Gasteiger partial charge in [-0.1, -0.05) is 12.1 Å². The maximum atomic E-state index is 5.88. The van der Waals surface area contributed by atoms with Crippen LogP contribution >= 0.6 is 0 Å². The van der Waals surface area contributed by atoms with Crippen LogP contribution in [-0.2, 0) is 6.54 Å². The molecule has 108 valence electrons. The Labute approximate surface area is 125 Å². The monoisotopic (exact) mass is 280 g/mol. The maximum Gasteiger partial charge on any atom is 0.129 e. The Morgan fingerprint density at radius 2 is 2.05 bits per heavy atom. The molecular weight excluding hydrogens is 260 g/mol. The highest BCUT2D eigenvalue weighted by atomic mass is 16.5. The van der Waals surface area contributed by atoms with E-state index in [1.54, 1.807) is 0 Å². The van der Waals surface area contributed by atoms with E-state index in [4.69, 9.17) is 4.74 Å². The topological polar surface area (TPSA) is 27.1 Å². The Morgan fingerprint density at radius 1 is 1.19 bits per heavy atom. The third-order valence-electron chi connectivity index (χ3n) is 3.42. The molecule has 0 saturated carbocycles. The molecule has 0 atom stereocenters. The van der Waals surface area contributed by atoms with E-state index in [0.29, 0.717) is 0 Å². The average molecular weight is 280 g/mol. The summed E-state index contributed by atoms with van der Waals surface area (Å²) >= 11 is 0. The van der Waals surface area contributed by atoms with Crippen LogP contribution in [-0.4, -0.2) is 15.7 Å². The number of rotatable bonds is 4. The van der Waals surface area contributed by atoms with E-state index in [2.05, 4.69) is 40.9 Å². The molecule has 21 heavy (non-hydrogen) atoms. The standard InChI is InChI=1S/C18H20N2O/c1-13(2)21-18-6-4-5-17-16(18)7-8-20(17)12-15-9-14(3)10-19-11-15/h4-11,13H,12H2,1-3H3. The Balaban J connectivity index is 1.97. The highest BCUT2D eigenvalue weighted by Crippen LogP contribution is 2.27. The Morgan fingerprint density at radius 3 is 2.81 bits per heavy atom. The van der Waals surface area contributed by atoms with Crippen LogP contribution < -0.4 is 4.74 Å². The minimum atomic E-state index is 0.180. The first-order valence-corrected chi connectivity index (χ1v) is 7.28. The van der Waals surface area contributed by atoms with Crippen molar-refractivity contribution in [3.05, 3.63) is 60.0 Å². The number of nitrogens with zero attached hydrogens (tertiary/aromatic N) is 2. The summed E-state index contributed by atoms with van der Waals surface area (Å²) < 4.78 is 8.12. The summed E-state index contributed by atoms with van der Waals surface area (Å²) in [5, 5.41) is 1.16. The molecule has 0 unspecified atom stereocenters. The van der Waals surface area contributed by atoms with E-state index in [-0.39, 0.29) is 6.10 Å². The van der Waals surface area contributed by atoms with Gasteiger partial charge in [0.15, 0.2) is 0 Å². The average Bonchev–Trinajstić information content (AvgIpc) is 2.83. The second-order valence-corrected chi connectivity index (χ2v) is 5.67. The molecule has 0 aliphatic rings. The van der Waals surface area contributed by atoms with Gasteiger partial charge >= 0.3 is 0 Å². The lowest BCUT2D eigenvalue weighted by Gasteiger charge is -2.11. The van der Waals surface area contributed by atoms with E-state index in [9.17, 15) is 0 Å². The second kappa shape index (κ2) is 5.60. The Bertz CT molecular complexity index is 759. The number of aromatic nitrogens is 2. The molecule has 0 bridgehead atoms. The molecule has 1 aromatic carbocycles. The molecule has 0 N–H and O–H groups in total. The first-order chi connectivity index (χ1) is 10.1. The van der Waals surface area contributed by atoms with Crippen molar-refractivity contribution in [3.8, 4) is 5.75 Å². The summed E-state index contributed by atoms with van der Waals surface area (Å²) in [6, 6.07) is 10.5. The van der Waals surface area contributed by atoms with Crippen LogP contribution in [0.2, 0.25) is 0 Å². The van der Waals surface area contributed by atoms with Crippen molar-refractivity contribution in [1.82, 2.24) is 9.55 Å². The third-order valence-corrected chi connectivity index (χ3v) is 3.42. The fourth-order valence-corrected chi connectivity index (χ4v) is 2.59. The maximum absolute atomic E-state index is 5.88. The predicted molar refractivity (Wildman–Crippen MR) is 85.8 cm³/mol. The van der Waals surface area contributed by atoms with Gasteiger partial charge in [-0.3, -0.25) is 4.98 Å². The summed E-state index contributed by atoms with van der Waals surface area (Å²) in [7, 11) is 0. The number of hydrogen-bond donors (Lipinski definition) is 0. The highest BCUT2D eigenvalue weighted by Gasteiger charge is 2.08. The van der Waals surface area contributed by atoms with Crippen LogP contribution in [0.15, 0.2) is 48.9 Å². The molecule has 3 nitrogen and oxygen atoms in total. The number of fused-ring (bicyclic) bond motifs is 1. The van der Waals surface area contributed by atoms with Gasteiger partial charge in [0.2, 0.25) is 0 Å². The van der Waals surface area contributed by atoms with E-state index < -0.39 is 0 Å². The quantitative estimate of drug-likeness (QED) is 0.717. The lowest BCUT2D eigenvalue weighted by atomic mass is 10.2. The molecule has 0 spiro atoms. The summed E-state index contributed by atoms with van der Waals surface area (Å²) in [6.07, 6.45) is 6.10. The Hall–Kier alpha value is -2.29. The van der Waals surface area contributed by atoms with Crippen molar-refractivity contribution < 1.29 is 4.74 Å². The smallest absolute Gasteiger partial charge is 0.129 e. The molecular formula is C18H20N2O. The molecule has 3 heteroatoms. The normalized spacial score (nSPS) is 11.2. The predicted octanol–water partition coefficient (Wildman–Crippen LogP) is 4.18. The van der Waals surface area contributed by atoms with Crippen LogP contribution in [0.25, 0.3) is 10.9 Å². The molecule has 2 heterocycles. The number of ether oxygens (including phenoxy) is 1. The molecule has 3 aromatic rings. The SMILES string of the molecule is Cc1cncc(Cn2ccc3c(OC(C)C)cccc32)c1. The van der Waals surface area contributed by atoms with Crippen LogP contribution in [0, 0.1) is 6.92 Å². The number of pyridine rings is 1. The van der Waals surface area contributed by atoms with Crippen LogP contribution in [0.3, 0.4) is 0 Å². The van der Waals surface area contributed by atoms with Gasteiger partial charge in [-0.25, -0.2) is 0 Å². The molecule has 0 aliphatic heterocycles. The molecule has 0 fully saturated rings. The second-order valence-electron chi connectivity index (χ2n) is 5.67. The molecule has 3 rings (SSSR count). The fourth-order valence-electron chi connectivity index (χ4n) is 2.59. The fraction of sp³-hybridized carbons (Fsp3) is 0.278. The number of aryl methyl sites for hydroxylation is 1. The Kier molecular flexibility index (Phi) is 3.65. The van der Waals surface area contributed by atoms with Crippen LogP contribution in [0.1, 0.15) is 25.0 Å². The van der Waals surface area contributed by atoms with Crippen molar-refractivity contribution in [2.75, 3.05) is 0 Å². The first-order valence-electron chi connectivity index (χ1n) is 7.28. The van der Waals surface area contributed by atoms with Crippen molar-refractivity contribution >= 4 is 10.9 Å². The summed E-state index contributed by atoms with van der Waals surface area (Å²) in [6.45, 7) is 6.99. The zero-order valence-corrected chi connectivity index (χ0v) is 12.7.